The van der Waals surface area contributed by atoms with Crippen LogP contribution in [-0.2, 0) is 30.8 Å². The number of carbonyl (C=O) groups is 2. The highest BCUT2D eigenvalue weighted by atomic mass is 32.2. The van der Waals surface area contributed by atoms with Gasteiger partial charge in [0.2, 0.25) is 21.8 Å². The van der Waals surface area contributed by atoms with Crippen LogP contribution in [0.2, 0.25) is 0 Å². The van der Waals surface area contributed by atoms with Crippen LogP contribution in [0.1, 0.15) is 25.8 Å². The molecule has 2 amide bonds. The van der Waals surface area contributed by atoms with Gasteiger partial charge in [-0.25, -0.2) is 8.42 Å². The van der Waals surface area contributed by atoms with E-state index >= 15 is 0 Å². The molecule has 12 nitrogen and oxygen atoms in total. The van der Waals surface area contributed by atoms with Gasteiger partial charge in [-0.3, -0.25) is 14.5 Å². The van der Waals surface area contributed by atoms with E-state index in [4.69, 9.17) is 14.2 Å². The zero-order chi connectivity index (χ0) is 31.9. The molecule has 2 heterocycles. The number of anilines is 1. The van der Waals surface area contributed by atoms with E-state index in [-0.39, 0.29) is 48.7 Å². The molecule has 2 aromatic carbocycles. The largest absolute Gasteiger partial charge is 0.497 e. The van der Waals surface area contributed by atoms with Crippen LogP contribution in [0.3, 0.4) is 0 Å². The third-order valence-corrected chi connectivity index (χ3v) is 10.0. The van der Waals surface area contributed by atoms with Gasteiger partial charge in [0.25, 0.3) is 0 Å². The van der Waals surface area contributed by atoms with Crippen LogP contribution in [0.25, 0.3) is 0 Å². The van der Waals surface area contributed by atoms with Gasteiger partial charge in [0.05, 0.1) is 50.8 Å². The third-order valence-electron chi connectivity index (χ3n) is 8.16. The van der Waals surface area contributed by atoms with Gasteiger partial charge in [-0.1, -0.05) is 6.92 Å². The second-order valence-electron chi connectivity index (χ2n) is 11.4. The smallest absolute Gasteiger partial charge is 0.242 e. The van der Waals surface area contributed by atoms with Gasteiger partial charge in [0.1, 0.15) is 17.6 Å². The first kappa shape index (κ1) is 33.7. The standard InChI is InChI=1S/C31H44N4O8S/c1-22-19-35(23(2)21-36)31(38)18-24-17-25(32-30(37)11-12-34-13-15-42-16-14-34)5-10-28(24)43-29(22)20-33(3)44(39,40)27-8-6-26(41-4)7-9-27/h5-10,17,22-23,29,36H,11-16,18-21H2,1-4H3,(H,32,37)/t22-,23+,29+/m1/s1. The Labute approximate surface area is 259 Å². The summed E-state index contributed by atoms with van der Waals surface area (Å²) in [5.74, 6) is 0.368. The number of amides is 2. The van der Waals surface area contributed by atoms with E-state index in [0.717, 1.165) is 13.1 Å². The van der Waals surface area contributed by atoms with E-state index in [1.54, 1.807) is 42.2 Å². The van der Waals surface area contributed by atoms with Gasteiger partial charge in [-0.2, -0.15) is 4.31 Å². The van der Waals surface area contributed by atoms with Crippen molar-refractivity contribution in [3.05, 3.63) is 48.0 Å². The number of aliphatic hydroxyl groups is 1. The Hall–Kier alpha value is -3.23. The normalized spacial score (nSPS) is 20.6. The minimum absolute atomic E-state index is 0.00339. The molecule has 3 atom stereocenters. The Kier molecular flexibility index (Phi) is 11.6. The number of carbonyl (C=O) groups excluding carboxylic acids is 2. The van der Waals surface area contributed by atoms with E-state index in [9.17, 15) is 23.1 Å². The fraction of sp³-hybridized carbons (Fsp3) is 0.548. The lowest BCUT2D eigenvalue weighted by atomic mass is 10.0. The van der Waals surface area contributed by atoms with Gasteiger partial charge >= 0.3 is 0 Å². The van der Waals surface area contributed by atoms with Crippen molar-refractivity contribution in [3.8, 4) is 11.5 Å². The minimum atomic E-state index is -3.85. The van der Waals surface area contributed by atoms with Crippen molar-refractivity contribution in [2.24, 2.45) is 5.92 Å². The molecule has 242 valence electrons. The van der Waals surface area contributed by atoms with Crippen molar-refractivity contribution in [1.82, 2.24) is 14.1 Å². The summed E-state index contributed by atoms with van der Waals surface area (Å²) in [6.45, 7) is 7.27. The number of morpholine rings is 1. The highest BCUT2D eigenvalue weighted by Gasteiger charge is 2.33. The maximum atomic E-state index is 13.5. The van der Waals surface area contributed by atoms with Crippen molar-refractivity contribution in [1.29, 1.82) is 0 Å². The summed E-state index contributed by atoms with van der Waals surface area (Å²) in [5.41, 5.74) is 1.10. The Morgan fingerprint density at radius 1 is 1.18 bits per heavy atom. The van der Waals surface area contributed by atoms with Crippen LogP contribution in [-0.4, -0.2) is 118 Å². The van der Waals surface area contributed by atoms with Crippen molar-refractivity contribution in [3.63, 3.8) is 0 Å². The summed E-state index contributed by atoms with van der Waals surface area (Å²) in [4.78, 5) is 30.2. The molecule has 0 bridgehead atoms. The molecule has 0 aliphatic carbocycles. The summed E-state index contributed by atoms with van der Waals surface area (Å²) in [5, 5.41) is 12.8. The lowest BCUT2D eigenvalue weighted by Gasteiger charge is -2.33. The van der Waals surface area contributed by atoms with E-state index in [1.165, 1.54) is 30.6 Å². The molecule has 0 radical (unpaired) electrons. The summed E-state index contributed by atoms with van der Waals surface area (Å²) in [7, 11) is -0.844. The van der Waals surface area contributed by atoms with Crippen LogP contribution in [0, 0.1) is 5.92 Å². The SMILES string of the molecule is COc1ccc(S(=O)(=O)N(C)C[C@@H]2Oc3ccc(NC(=O)CCN4CCOCC4)cc3CC(=O)N([C@@H](C)CO)C[C@H]2C)cc1. The summed E-state index contributed by atoms with van der Waals surface area (Å²) < 4.78 is 45.1. The Morgan fingerprint density at radius 2 is 1.89 bits per heavy atom. The summed E-state index contributed by atoms with van der Waals surface area (Å²) in [6, 6.07) is 10.9. The van der Waals surface area contributed by atoms with Gasteiger partial charge in [-0.05, 0) is 49.4 Å². The van der Waals surface area contributed by atoms with E-state index in [1.807, 2.05) is 6.92 Å². The molecule has 1 saturated heterocycles. The zero-order valence-electron chi connectivity index (χ0n) is 25.9. The maximum Gasteiger partial charge on any atom is 0.242 e. The maximum absolute atomic E-state index is 13.5. The van der Waals surface area contributed by atoms with Crippen LogP contribution >= 0.6 is 0 Å². The molecule has 2 N–H and O–H groups in total. The summed E-state index contributed by atoms with van der Waals surface area (Å²) in [6.07, 6.45) is -0.306. The number of sulfonamides is 1. The number of methoxy groups -OCH3 is 1. The molecule has 2 aromatic rings. The number of benzene rings is 2. The molecule has 0 unspecified atom stereocenters. The van der Waals surface area contributed by atoms with E-state index < -0.39 is 22.2 Å². The molecule has 0 spiro atoms. The molecule has 2 aliphatic rings. The number of likely N-dealkylation sites (N-methyl/N-ethyl adjacent to an activating group) is 1. The molecule has 13 heteroatoms. The highest BCUT2D eigenvalue weighted by molar-refractivity contribution is 7.89. The number of rotatable bonds is 11. The number of hydrogen-bond donors (Lipinski definition) is 2. The van der Waals surface area contributed by atoms with E-state index in [0.29, 0.717) is 48.9 Å². The summed E-state index contributed by atoms with van der Waals surface area (Å²) >= 11 is 0. The molecular weight excluding hydrogens is 588 g/mol. The first-order valence-corrected chi connectivity index (χ1v) is 16.4. The molecule has 44 heavy (non-hydrogen) atoms. The van der Waals surface area contributed by atoms with Crippen molar-refractivity contribution in [2.75, 3.05) is 72.0 Å². The Morgan fingerprint density at radius 3 is 2.55 bits per heavy atom. The van der Waals surface area contributed by atoms with Crippen LogP contribution in [0.5, 0.6) is 11.5 Å². The molecule has 2 aliphatic heterocycles. The predicted octanol–water partition coefficient (Wildman–Crippen LogP) is 1.83. The van der Waals surface area contributed by atoms with Gasteiger partial charge in [-0.15, -0.1) is 0 Å². The first-order chi connectivity index (χ1) is 21.0. The second kappa shape index (κ2) is 15.2. The fourth-order valence-corrected chi connectivity index (χ4v) is 6.50. The molecule has 0 aromatic heterocycles. The Balaban J connectivity index is 1.55. The highest BCUT2D eigenvalue weighted by Crippen LogP contribution is 2.30. The average molecular weight is 633 g/mol. The van der Waals surface area contributed by atoms with Gasteiger partial charge in [0, 0.05) is 56.8 Å². The monoisotopic (exact) mass is 632 g/mol. The van der Waals surface area contributed by atoms with Crippen molar-refractivity contribution >= 4 is 27.5 Å². The van der Waals surface area contributed by atoms with Crippen LogP contribution in [0.4, 0.5) is 5.69 Å². The van der Waals surface area contributed by atoms with Crippen molar-refractivity contribution < 1.29 is 37.3 Å². The lowest BCUT2D eigenvalue weighted by molar-refractivity contribution is -0.134. The number of nitrogens with one attached hydrogen (secondary N) is 1. The number of ether oxygens (including phenoxy) is 3. The fourth-order valence-electron chi connectivity index (χ4n) is 5.31. The molecular formula is C31H44N4O8S. The lowest BCUT2D eigenvalue weighted by Crippen LogP contribution is -2.48. The number of hydrogen-bond acceptors (Lipinski definition) is 9. The minimum Gasteiger partial charge on any atom is -0.497 e. The molecule has 4 rings (SSSR count). The molecule has 1 fully saturated rings. The van der Waals surface area contributed by atoms with E-state index in [2.05, 4.69) is 10.2 Å². The quantitative estimate of drug-likeness (QED) is 0.380. The Bertz CT molecular complexity index is 1380. The van der Waals surface area contributed by atoms with Gasteiger partial charge < -0.3 is 29.5 Å². The number of fused-ring (bicyclic) bond motifs is 1. The van der Waals surface area contributed by atoms with Crippen molar-refractivity contribution in [2.45, 2.75) is 43.7 Å². The van der Waals surface area contributed by atoms with Gasteiger partial charge in [0.15, 0.2) is 0 Å². The van der Waals surface area contributed by atoms with Crippen LogP contribution in [0.15, 0.2) is 47.4 Å². The second-order valence-corrected chi connectivity index (χ2v) is 13.5. The predicted molar refractivity (Wildman–Crippen MR) is 165 cm³/mol. The topological polar surface area (TPSA) is 138 Å². The van der Waals surface area contributed by atoms with Crippen LogP contribution < -0.4 is 14.8 Å². The zero-order valence-corrected chi connectivity index (χ0v) is 26.7. The molecule has 0 saturated carbocycles. The number of nitrogens with zero attached hydrogens (tertiary/aromatic N) is 3. The third kappa shape index (κ3) is 8.48. The first-order valence-electron chi connectivity index (χ1n) is 14.9. The average Bonchev–Trinajstić information content (AvgIpc) is 3.07. The number of aliphatic hydroxyl groups excluding tert-OH is 1.